The highest BCUT2D eigenvalue weighted by atomic mass is 31.2. The van der Waals surface area contributed by atoms with Gasteiger partial charge in [0.25, 0.3) is 14.1 Å². The summed E-state index contributed by atoms with van der Waals surface area (Å²) < 4.78 is 43.1. The maximum atomic E-state index is 13.6. The smallest absolute Gasteiger partial charge is 0.280 e. The van der Waals surface area contributed by atoms with E-state index in [1.165, 1.54) is 0 Å². The molecule has 68 heavy (non-hydrogen) atoms. The highest BCUT2D eigenvalue weighted by molar-refractivity contribution is 7.44. The molecule has 5 aromatic carbocycles. The first kappa shape index (κ1) is 48.0. The number of anilines is 1. The maximum Gasteiger partial charge on any atom is 0.280 e. The second-order valence-electron chi connectivity index (χ2n) is 17.0. The molecule has 0 amide bonds. The summed E-state index contributed by atoms with van der Waals surface area (Å²) in [5.74, 6) is 1.72. The van der Waals surface area contributed by atoms with Crippen molar-refractivity contribution in [1.82, 2.24) is 24.2 Å². The van der Waals surface area contributed by atoms with Gasteiger partial charge >= 0.3 is 0 Å². The Labute approximate surface area is 398 Å². The lowest BCUT2D eigenvalue weighted by Crippen LogP contribution is -2.39. The van der Waals surface area contributed by atoms with Crippen molar-refractivity contribution in [1.29, 1.82) is 5.26 Å². The summed E-state index contributed by atoms with van der Waals surface area (Å²) >= 11 is 0. The van der Waals surface area contributed by atoms with Gasteiger partial charge in [-0.05, 0) is 91.4 Å². The van der Waals surface area contributed by atoms with E-state index in [9.17, 15) is 10.1 Å². The number of fused-ring (bicyclic) bond motifs is 1. The third-order valence-corrected chi connectivity index (χ3v) is 14.1. The third kappa shape index (κ3) is 10.6. The number of H-pyrrole nitrogens is 1. The third-order valence-electron chi connectivity index (χ3n) is 11.9. The van der Waals surface area contributed by atoms with Crippen molar-refractivity contribution in [3.05, 3.63) is 172 Å². The normalized spacial score (nSPS) is 16.6. The van der Waals surface area contributed by atoms with Crippen LogP contribution in [0, 0.1) is 11.3 Å². The molecule has 14 nitrogen and oxygen atoms in total. The molecule has 1 saturated heterocycles. The summed E-state index contributed by atoms with van der Waals surface area (Å²) in [4.78, 5) is 25.9. The summed E-state index contributed by atoms with van der Waals surface area (Å²) in [7, 11) is 1.60. The minimum absolute atomic E-state index is 0.0622. The van der Waals surface area contributed by atoms with Crippen molar-refractivity contribution in [3.8, 4) is 28.7 Å². The van der Waals surface area contributed by atoms with Gasteiger partial charge in [-0.1, -0.05) is 103 Å². The fraction of sp³-hybridized carbons (Fsp3) is 0.321. The Bertz CT molecular complexity index is 2760. The van der Waals surface area contributed by atoms with Gasteiger partial charge in [0.2, 0.25) is 5.95 Å². The fourth-order valence-electron chi connectivity index (χ4n) is 8.72. The molecule has 1 aliphatic heterocycles. The topological polar surface area (TPSA) is 158 Å². The van der Waals surface area contributed by atoms with Gasteiger partial charge in [-0.25, -0.2) is 9.65 Å². The fourth-order valence-corrected chi connectivity index (χ4v) is 10.5. The SMILES string of the molecule is COc1ccc(C(OC[C@H]2O[C@@H](n3cnc4c(=O)[nH]c(NCc5cccc(-c6ccccc6)c5)nc43)C[C@@H]2OP(OCCC#N)N(C(C)C)C(C)C)(c2ccccc2)c2ccc(OC)cc2)cc1. The van der Waals surface area contributed by atoms with Crippen LogP contribution in [0.4, 0.5) is 5.95 Å². The van der Waals surface area contributed by atoms with Crippen LogP contribution in [0.2, 0.25) is 0 Å². The zero-order chi connectivity index (χ0) is 47.6. The summed E-state index contributed by atoms with van der Waals surface area (Å²) in [5.41, 5.74) is 4.86. The van der Waals surface area contributed by atoms with Crippen molar-refractivity contribution >= 4 is 25.6 Å². The minimum Gasteiger partial charge on any atom is -0.497 e. The summed E-state index contributed by atoms with van der Waals surface area (Å²) in [6.45, 7) is 9.09. The Balaban J connectivity index is 1.16. The van der Waals surface area contributed by atoms with Gasteiger partial charge in [0.05, 0.1) is 52.4 Å². The second kappa shape index (κ2) is 22.1. The van der Waals surface area contributed by atoms with Crippen LogP contribution in [0.5, 0.6) is 11.5 Å². The first-order valence-corrected chi connectivity index (χ1v) is 24.0. The van der Waals surface area contributed by atoms with Gasteiger partial charge in [-0.2, -0.15) is 10.2 Å². The van der Waals surface area contributed by atoms with Gasteiger partial charge < -0.3 is 33.3 Å². The first-order chi connectivity index (χ1) is 33.1. The molecule has 3 heterocycles. The number of imidazole rings is 1. The Morgan fingerprint density at radius 2 is 1.47 bits per heavy atom. The summed E-state index contributed by atoms with van der Waals surface area (Å²) in [6, 6.07) is 46.6. The van der Waals surface area contributed by atoms with E-state index in [1.54, 1.807) is 25.1 Å². The molecule has 1 aliphatic rings. The van der Waals surface area contributed by atoms with E-state index in [1.807, 2.05) is 97.1 Å². The van der Waals surface area contributed by atoms with E-state index in [-0.39, 0.29) is 42.8 Å². The number of methoxy groups -OCH3 is 2. The van der Waals surface area contributed by atoms with Gasteiger partial charge in [-0.15, -0.1) is 0 Å². The molecular weight excluding hydrogens is 878 g/mol. The number of nitrogens with zero attached hydrogens (tertiary/aromatic N) is 5. The van der Waals surface area contributed by atoms with Crippen LogP contribution >= 0.6 is 8.53 Å². The number of aromatic nitrogens is 4. The van der Waals surface area contributed by atoms with Crippen molar-refractivity contribution in [3.63, 3.8) is 0 Å². The predicted octanol–water partition coefficient (Wildman–Crippen LogP) is 10.4. The molecule has 0 saturated carbocycles. The Kier molecular flexibility index (Phi) is 15.6. The van der Waals surface area contributed by atoms with E-state index in [2.05, 4.69) is 90.1 Å². The Morgan fingerprint density at radius 1 is 0.853 bits per heavy atom. The van der Waals surface area contributed by atoms with Gasteiger partial charge in [0, 0.05) is 25.0 Å². The standard InChI is InChI=1S/C53H58N7O7P/c1-36(2)60(37(3)4)68(65-30-14-29-54)67-46-32-48(59-35-56-49-50(59)57-52(58-51(49)61)55-33-38-15-13-18-40(31-38)39-16-9-7-10-17-39)66-47(46)34-64-53(41-19-11-8-12-20-41,42-21-25-44(62-5)26-22-42)43-23-27-45(63-6)28-24-43/h7-13,15-28,31,35-37,46-48H,14,30,32-34H2,1-6H3,(H2,55,57,58,61)/t46-,47+,48+,68?/m0/s1. The molecule has 7 aromatic rings. The molecule has 15 heteroatoms. The molecule has 0 radical (unpaired) electrons. The average Bonchev–Trinajstić information content (AvgIpc) is 3.98. The molecule has 352 valence electrons. The van der Waals surface area contributed by atoms with Crippen molar-refractivity contribution in [2.24, 2.45) is 0 Å². The van der Waals surface area contributed by atoms with Crippen molar-refractivity contribution in [2.75, 3.05) is 32.8 Å². The maximum absolute atomic E-state index is 13.6. The van der Waals surface area contributed by atoms with Crippen LogP contribution in [0.15, 0.2) is 145 Å². The van der Waals surface area contributed by atoms with Crippen LogP contribution in [0.25, 0.3) is 22.3 Å². The Hall–Kier alpha value is -6.43. The molecule has 1 fully saturated rings. The monoisotopic (exact) mass is 935 g/mol. The van der Waals surface area contributed by atoms with E-state index in [0.29, 0.717) is 36.1 Å². The number of hydrogen-bond acceptors (Lipinski definition) is 12. The quantitative estimate of drug-likeness (QED) is 0.0400. The van der Waals surface area contributed by atoms with Gasteiger partial charge in [-0.3, -0.25) is 14.3 Å². The number of benzene rings is 5. The number of rotatable bonds is 21. The van der Waals surface area contributed by atoms with Crippen molar-refractivity contribution in [2.45, 2.75) is 83.2 Å². The summed E-state index contributed by atoms with van der Waals surface area (Å²) in [5, 5.41) is 12.8. The molecule has 1 unspecified atom stereocenters. The van der Waals surface area contributed by atoms with Crippen LogP contribution < -0.4 is 20.3 Å². The van der Waals surface area contributed by atoms with Crippen LogP contribution in [-0.4, -0.2) is 75.9 Å². The number of aromatic amines is 1. The lowest BCUT2D eigenvalue weighted by molar-refractivity contribution is -0.0912. The zero-order valence-corrected chi connectivity index (χ0v) is 40.1. The highest BCUT2D eigenvalue weighted by Gasteiger charge is 2.45. The average molecular weight is 936 g/mol. The number of nitrogens with one attached hydrogen (secondary N) is 2. The lowest BCUT2D eigenvalue weighted by Gasteiger charge is -2.39. The highest BCUT2D eigenvalue weighted by Crippen LogP contribution is 2.51. The van der Waals surface area contributed by atoms with Crippen LogP contribution in [-0.2, 0) is 30.7 Å². The molecule has 8 rings (SSSR count). The van der Waals surface area contributed by atoms with Crippen molar-refractivity contribution < 1.29 is 28.0 Å². The second-order valence-corrected chi connectivity index (χ2v) is 18.4. The van der Waals surface area contributed by atoms with Crippen LogP contribution in [0.3, 0.4) is 0 Å². The molecule has 2 aromatic heterocycles. The number of ether oxygens (including phenoxy) is 4. The van der Waals surface area contributed by atoms with E-state index in [0.717, 1.165) is 33.4 Å². The molecule has 0 spiro atoms. The largest absolute Gasteiger partial charge is 0.497 e. The molecular formula is C53H58N7O7P. The van der Waals surface area contributed by atoms with E-state index < -0.39 is 32.6 Å². The zero-order valence-electron chi connectivity index (χ0n) is 39.2. The minimum atomic E-state index is -1.69. The molecule has 0 aliphatic carbocycles. The molecule has 2 N–H and O–H groups in total. The van der Waals surface area contributed by atoms with Crippen LogP contribution in [0.1, 0.15) is 69.0 Å². The first-order valence-electron chi connectivity index (χ1n) is 22.9. The predicted molar refractivity (Wildman–Crippen MR) is 264 cm³/mol. The Morgan fingerprint density at radius 3 is 2.09 bits per heavy atom. The van der Waals surface area contributed by atoms with E-state index >= 15 is 0 Å². The number of nitriles is 1. The molecule has 0 bridgehead atoms. The van der Waals surface area contributed by atoms with Gasteiger partial charge in [0.1, 0.15) is 29.4 Å². The lowest BCUT2D eigenvalue weighted by atomic mass is 9.80. The molecule has 4 atom stereocenters. The van der Waals surface area contributed by atoms with Gasteiger partial charge in [0.15, 0.2) is 11.2 Å². The number of hydrogen-bond donors (Lipinski definition) is 2. The summed E-state index contributed by atoms with van der Waals surface area (Å²) in [6.07, 6.45) is 0.230. The van der Waals surface area contributed by atoms with E-state index in [4.69, 9.17) is 33.0 Å².